The van der Waals surface area contributed by atoms with Crippen LogP contribution in [-0.2, 0) is 50.1 Å². The molecule has 0 aromatic heterocycles. The third-order valence-electron chi connectivity index (χ3n) is 6.78. The van der Waals surface area contributed by atoms with Crippen LogP contribution in [-0.4, -0.2) is 36.5 Å². The molecule has 0 amide bonds. The van der Waals surface area contributed by atoms with Gasteiger partial charge in [-0.25, -0.2) is 0 Å². The van der Waals surface area contributed by atoms with Crippen LogP contribution >= 0.6 is 31.9 Å². The minimum Gasteiger partial charge on any atom is -0.376 e. The Kier molecular flexibility index (Phi) is 15.5. The second kappa shape index (κ2) is 19.8. The summed E-state index contributed by atoms with van der Waals surface area (Å²) in [5.74, 6) is -0.104. The van der Waals surface area contributed by atoms with E-state index >= 15 is 0 Å². The lowest BCUT2D eigenvalue weighted by atomic mass is 10.1. The van der Waals surface area contributed by atoms with Crippen molar-refractivity contribution in [3.63, 3.8) is 0 Å². The van der Waals surface area contributed by atoms with Crippen LogP contribution in [0.1, 0.15) is 22.3 Å². The van der Waals surface area contributed by atoms with Crippen molar-refractivity contribution in [2.45, 2.75) is 36.5 Å². The summed E-state index contributed by atoms with van der Waals surface area (Å²) in [5.41, 5.74) is 4.51. The predicted molar refractivity (Wildman–Crippen MR) is 178 cm³/mol. The van der Waals surface area contributed by atoms with E-state index < -0.39 is 0 Å². The largest absolute Gasteiger partial charge is 0.376 e. The number of rotatable bonds is 20. The van der Waals surface area contributed by atoms with Gasteiger partial charge in [-0.3, -0.25) is 0 Å². The van der Waals surface area contributed by atoms with Gasteiger partial charge in [0, 0.05) is 11.8 Å². The molecule has 2 unspecified atom stereocenters. The number of hydrogen-bond donors (Lipinski definition) is 0. The molecule has 4 rings (SSSR count). The minimum absolute atomic E-state index is 0.0522. The van der Waals surface area contributed by atoms with Crippen LogP contribution in [0.25, 0.3) is 0 Å². The Balaban J connectivity index is 1.34. The van der Waals surface area contributed by atoms with Gasteiger partial charge in [0.2, 0.25) is 0 Å². The van der Waals surface area contributed by atoms with Crippen molar-refractivity contribution in [1.29, 1.82) is 0 Å². The summed E-state index contributed by atoms with van der Waals surface area (Å²) in [4.78, 5) is 0. The lowest BCUT2D eigenvalue weighted by Gasteiger charge is -2.29. The number of benzene rings is 4. The second-order valence-corrected chi connectivity index (χ2v) is 12.2. The summed E-state index contributed by atoms with van der Waals surface area (Å²) in [6.45, 7) is 3.98. The smallest absolute Gasteiger partial charge is 0.121 e. The molecule has 5 nitrogen and oxygen atoms in total. The van der Waals surface area contributed by atoms with Crippen molar-refractivity contribution in [1.82, 2.24) is 0 Å². The zero-order chi connectivity index (χ0) is 30.0. The van der Waals surface area contributed by atoms with Gasteiger partial charge in [0.25, 0.3) is 0 Å². The first kappa shape index (κ1) is 33.5. The highest BCUT2D eigenvalue weighted by atomic mass is 79.9. The van der Waals surface area contributed by atoms with Gasteiger partial charge in [0.05, 0.1) is 52.9 Å². The van der Waals surface area contributed by atoms with Crippen LogP contribution in [0.15, 0.2) is 121 Å². The van der Waals surface area contributed by atoms with E-state index in [0.29, 0.717) is 52.9 Å². The van der Waals surface area contributed by atoms with Crippen molar-refractivity contribution >= 4 is 31.9 Å². The first-order valence-corrected chi connectivity index (χ1v) is 16.4. The van der Waals surface area contributed by atoms with Crippen LogP contribution in [0.4, 0.5) is 0 Å². The molecule has 0 N–H and O–H groups in total. The maximum absolute atomic E-state index is 6.50. The summed E-state index contributed by atoms with van der Waals surface area (Å²) >= 11 is 7.60. The fraction of sp³-hybridized carbons (Fsp3) is 0.333. The number of halogens is 2. The molecule has 0 aliphatic rings. The Morgan fingerprint density at radius 1 is 0.372 bits per heavy atom. The molecule has 0 saturated heterocycles. The second-order valence-electron chi connectivity index (χ2n) is 10.4. The summed E-state index contributed by atoms with van der Waals surface area (Å²) < 4.78 is 31.0. The van der Waals surface area contributed by atoms with Crippen molar-refractivity contribution in [3.8, 4) is 0 Å². The summed E-state index contributed by atoms with van der Waals surface area (Å²) in [7, 11) is 0. The van der Waals surface area contributed by atoms with Gasteiger partial charge in [-0.2, -0.15) is 0 Å². The first-order chi connectivity index (χ1) is 21.2. The average Bonchev–Trinajstić information content (AvgIpc) is 3.05. The average molecular weight is 713 g/mol. The van der Waals surface area contributed by atoms with Crippen molar-refractivity contribution < 1.29 is 23.7 Å². The van der Waals surface area contributed by atoms with E-state index in [1.54, 1.807) is 0 Å². The predicted octanol–water partition coefficient (Wildman–Crippen LogP) is 8.54. The van der Waals surface area contributed by atoms with Crippen LogP contribution in [0, 0.1) is 11.8 Å². The third-order valence-corrected chi connectivity index (χ3v) is 8.70. The van der Waals surface area contributed by atoms with Gasteiger partial charge in [0.1, 0.15) is 10.0 Å². The molecule has 4 aromatic carbocycles. The maximum atomic E-state index is 6.50. The standard InChI is InChI=1S/C36H40Br2O5/c37-35(33(25-39-21-29-13-5-1-6-14-29)26-40-22-30-15-7-2-8-16-30)43-36(38)34(27-41-23-31-17-9-3-10-18-31)28-42-24-32-19-11-4-12-20-32/h1-20,33-36H,21-28H2. The van der Waals surface area contributed by atoms with Crippen molar-refractivity contribution in [3.05, 3.63) is 144 Å². The van der Waals surface area contributed by atoms with Gasteiger partial charge >= 0.3 is 0 Å². The van der Waals surface area contributed by atoms with Crippen LogP contribution in [0.3, 0.4) is 0 Å². The fourth-order valence-electron chi connectivity index (χ4n) is 4.35. The molecule has 4 aromatic rings. The molecule has 0 bridgehead atoms. The van der Waals surface area contributed by atoms with E-state index in [0.717, 1.165) is 22.3 Å². The first-order valence-electron chi connectivity index (χ1n) is 14.6. The lowest BCUT2D eigenvalue weighted by molar-refractivity contribution is -0.0629. The molecule has 2 atom stereocenters. The Hall–Kier alpha value is -2.36. The summed E-state index contributed by atoms with van der Waals surface area (Å²) in [6, 6.07) is 40.7. The van der Waals surface area contributed by atoms with Crippen LogP contribution in [0.2, 0.25) is 0 Å². The molecule has 0 fully saturated rings. The molecular weight excluding hydrogens is 672 g/mol. The van der Waals surface area contributed by atoms with E-state index in [4.69, 9.17) is 23.7 Å². The SMILES string of the molecule is BrC(OC(Br)C(COCc1ccccc1)COCc1ccccc1)C(COCc1ccccc1)COCc1ccccc1. The molecule has 0 radical (unpaired) electrons. The third kappa shape index (κ3) is 13.0. The minimum atomic E-state index is -0.325. The molecule has 0 heterocycles. The zero-order valence-electron chi connectivity index (χ0n) is 24.3. The topological polar surface area (TPSA) is 46.2 Å². The van der Waals surface area contributed by atoms with Gasteiger partial charge in [-0.15, -0.1) is 0 Å². The Morgan fingerprint density at radius 3 is 0.837 bits per heavy atom. The molecule has 43 heavy (non-hydrogen) atoms. The fourth-order valence-corrected chi connectivity index (χ4v) is 5.72. The molecule has 0 saturated carbocycles. The molecule has 0 aliphatic heterocycles. The maximum Gasteiger partial charge on any atom is 0.121 e. The number of alkyl halides is 2. The van der Waals surface area contributed by atoms with E-state index in [1.165, 1.54) is 0 Å². The van der Waals surface area contributed by atoms with Gasteiger partial charge in [0.15, 0.2) is 0 Å². The summed E-state index contributed by atoms with van der Waals surface area (Å²) in [5, 5.41) is -0.650. The van der Waals surface area contributed by atoms with Crippen LogP contribution < -0.4 is 0 Å². The zero-order valence-corrected chi connectivity index (χ0v) is 27.5. The van der Waals surface area contributed by atoms with Gasteiger partial charge < -0.3 is 23.7 Å². The number of hydrogen-bond acceptors (Lipinski definition) is 5. The monoisotopic (exact) mass is 710 g/mol. The Morgan fingerprint density at radius 2 is 0.605 bits per heavy atom. The molecule has 0 aliphatic carbocycles. The van der Waals surface area contributed by atoms with Crippen molar-refractivity contribution in [2.24, 2.45) is 11.8 Å². The Bertz CT molecular complexity index is 1060. The van der Waals surface area contributed by atoms with E-state index in [2.05, 4.69) is 80.4 Å². The highest BCUT2D eigenvalue weighted by Gasteiger charge is 2.28. The quantitative estimate of drug-likeness (QED) is 0.0861. The van der Waals surface area contributed by atoms with E-state index in [1.807, 2.05) is 72.8 Å². The van der Waals surface area contributed by atoms with Crippen molar-refractivity contribution in [2.75, 3.05) is 26.4 Å². The van der Waals surface area contributed by atoms with E-state index in [-0.39, 0.29) is 21.9 Å². The number of ether oxygens (including phenoxy) is 5. The van der Waals surface area contributed by atoms with Crippen LogP contribution in [0.5, 0.6) is 0 Å². The van der Waals surface area contributed by atoms with E-state index in [9.17, 15) is 0 Å². The lowest BCUT2D eigenvalue weighted by Crippen LogP contribution is -2.34. The highest BCUT2D eigenvalue weighted by Crippen LogP contribution is 2.26. The Labute approximate surface area is 272 Å². The normalized spacial score (nSPS) is 12.9. The van der Waals surface area contributed by atoms with Gasteiger partial charge in [-0.05, 0) is 22.3 Å². The van der Waals surface area contributed by atoms with Gasteiger partial charge in [-0.1, -0.05) is 153 Å². The molecule has 7 heteroatoms. The summed E-state index contributed by atoms with van der Waals surface area (Å²) in [6.07, 6.45) is 0. The molecular formula is C36H40Br2O5. The highest BCUT2D eigenvalue weighted by molar-refractivity contribution is 9.10. The molecule has 0 spiro atoms. The molecule has 228 valence electrons.